The Kier molecular flexibility index (Phi) is 7.66. The number of rotatable bonds is 4. The number of hydrogen-bond acceptors (Lipinski definition) is 5. The maximum absolute atomic E-state index is 12.2. The fraction of sp³-hybridized carbons (Fsp3) is 0.300. The molecule has 0 N–H and O–H groups in total. The Labute approximate surface area is 149 Å². The van der Waals surface area contributed by atoms with E-state index in [1.807, 2.05) is 64.0 Å². The van der Waals surface area contributed by atoms with Crippen molar-refractivity contribution in [2.75, 3.05) is 38.0 Å². The van der Waals surface area contributed by atoms with Gasteiger partial charge in [0, 0.05) is 39.6 Å². The van der Waals surface area contributed by atoms with Crippen molar-refractivity contribution in [3.63, 3.8) is 0 Å². The second-order valence-electron chi connectivity index (χ2n) is 5.57. The molecule has 2 aromatic rings. The van der Waals surface area contributed by atoms with E-state index < -0.39 is 11.9 Å². The molecule has 0 saturated carbocycles. The van der Waals surface area contributed by atoms with Crippen LogP contribution in [0.25, 0.3) is 0 Å². The van der Waals surface area contributed by atoms with Crippen LogP contribution in [0.5, 0.6) is 0 Å². The van der Waals surface area contributed by atoms with Crippen LogP contribution in [0.1, 0.15) is 34.6 Å². The van der Waals surface area contributed by atoms with E-state index in [9.17, 15) is 9.59 Å². The minimum absolute atomic E-state index is 0.341. The van der Waals surface area contributed by atoms with E-state index >= 15 is 0 Å². The zero-order valence-corrected chi connectivity index (χ0v) is 15.7. The molecule has 5 nitrogen and oxygen atoms in total. The monoisotopic (exact) mass is 342 g/mol. The molecule has 0 aromatic heterocycles. The lowest BCUT2D eigenvalue weighted by atomic mass is 10.2. The van der Waals surface area contributed by atoms with Gasteiger partial charge in [0.25, 0.3) is 0 Å². The summed E-state index contributed by atoms with van der Waals surface area (Å²) in [5, 5.41) is 0. The number of anilines is 2. The van der Waals surface area contributed by atoms with Gasteiger partial charge in [0.2, 0.25) is 0 Å². The SMILES string of the molecule is CC.CN(C)c1cccc(C(=O)OC(=O)c2cccc(N(C)C)c2)c1. The van der Waals surface area contributed by atoms with Gasteiger partial charge in [0.15, 0.2) is 0 Å². The van der Waals surface area contributed by atoms with Gasteiger partial charge in [-0.2, -0.15) is 0 Å². The van der Waals surface area contributed by atoms with Crippen molar-refractivity contribution in [1.29, 1.82) is 0 Å². The molecule has 25 heavy (non-hydrogen) atoms. The standard InChI is InChI=1S/C18H20N2O3.C2H6/c1-19(2)15-9-5-7-13(11-15)17(21)23-18(22)14-8-6-10-16(12-14)20(3)4;1-2/h5-12H,1-4H3;1-2H3. The average Bonchev–Trinajstić information content (AvgIpc) is 2.63. The van der Waals surface area contributed by atoms with Gasteiger partial charge in [-0.3, -0.25) is 0 Å². The summed E-state index contributed by atoms with van der Waals surface area (Å²) in [5.74, 6) is -1.32. The van der Waals surface area contributed by atoms with Crippen LogP contribution in [0.2, 0.25) is 0 Å². The Bertz CT molecular complexity index is 663. The van der Waals surface area contributed by atoms with Crippen LogP contribution in [0.15, 0.2) is 48.5 Å². The molecule has 0 amide bonds. The topological polar surface area (TPSA) is 49.9 Å². The lowest BCUT2D eigenvalue weighted by molar-refractivity contribution is 0.0398. The van der Waals surface area contributed by atoms with Gasteiger partial charge in [0.1, 0.15) is 0 Å². The number of ether oxygens (including phenoxy) is 1. The summed E-state index contributed by atoms with van der Waals surface area (Å²) >= 11 is 0. The van der Waals surface area contributed by atoms with Crippen molar-refractivity contribution in [2.45, 2.75) is 13.8 Å². The summed E-state index contributed by atoms with van der Waals surface area (Å²) in [6.45, 7) is 4.00. The Balaban J connectivity index is 0.00000151. The molecule has 0 radical (unpaired) electrons. The number of hydrogen-bond donors (Lipinski definition) is 0. The molecule has 0 heterocycles. The molecule has 0 aliphatic carbocycles. The van der Waals surface area contributed by atoms with Crippen LogP contribution >= 0.6 is 0 Å². The third kappa shape index (κ3) is 5.64. The largest absolute Gasteiger partial charge is 0.386 e. The average molecular weight is 342 g/mol. The molecule has 0 fully saturated rings. The quantitative estimate of drug-likeness (QED) is 0.624. The van der Waals surface area contributed by atoms with Gasteiger partial charge in [-0.15, -0.1) is 0 Å². The highest BCUT2D eigenvalue weighted by Crippen LogP contribution is 2.17. The predicted molar refractivity (Wildman–Crippen MR) is 103 cm³/mol. The molecule has 0 saturated heterocycles. The van der Waals surface area contributed by atoms with E-state index in [4.69, 9.17) is 4.74 Å². The first-order chi connectivity index (χ1) is 11.9. The summed E-state index contributed by atoms with van der Waals surface area (Å²) < 4.78 is 4.98. The highest BCUT2D eigenvalue weighted by atomic mass is 16.6. The molecule has 2 rings (SSSR count). The fourth-order valence-electron chi connectivity index (χ4n) is 2.02. The molecule has 0 bridgehead atoms. The Morgan fingerprint density at radius 1 is 0.720 bits per heavy atom. The molecule has 0 spiro atoms. The first kappa shape index (κ1) is 20.2. The summed E-state index contributed by atoms with van der Waals surface area (Å²) in [5.41, 5.74) is 2.41. The predicted octanol–water partition coefficient (Wildman–Crippen LogP) is 3.84. The second kappa shape index (κ2) is 9.47. The van der Waals surface area contributed by atoms with E-state index in [-0.39, 0.29) is 0 Å². The lowest BCUT2D eigenvalue weighted by Crippen LogP contribution is -2.15. The van der Waals surface area contributed by atoms with Crippen LogP contribution in [-0.4, -0.2) is 40.1 Å². The van der Waals surface area contributed by atoms with Crippen molar-refractivity contribution in [3.8, 4) is 0 Å². The lowest BCUT2D eigenvalue weighted by Gasteiger charge is -2.14. The summed E-state index contributed by atoms with van der Waals surface area (Å²) in [6.07, 6.45) is 0. The maximum Gasteiger partial charge on any atom is 0.346 e. The second-order valence-corrected chi connectivity index (χ2v) is 5.57. The molecule has 134 valence electrons. The minimum Gasteiger partial charge on any atom is -0.386 e. The maximum atomic E-state index is 12.2. The van der Waals surface area contributed by atoms with Crippen molar-refractivity contribution in [3.05, 3.63) is 59.7 Å². The van der Waals surface area contributed by atoms with Crippen LogP contribution < -0.4 is 9.80 Å². The van der Waals surface area contributed by atoms with Gasteiger partial charge in [0.05, 0.1) is 11.1 Å². The highest BCUT2D eigenvalue weighted by Gasteiger charge is 2.16. The van der Waals surface area contributed by atoms with Crippen LogP contribution in [0.3, 0.4) is 0 Å². The van der Waals surface area contributed by atoms with Gasteiger partial charge >= 0.3 is 11.9 Å². The van der Waals surface area contributed by atoms with E-state index in [1.54, 1.807) is 36.4 Å². The number of benzene rings is 2. The van der Waals surface area contributed by atoms with Gasteiger partial charge in [-0.1, -0.05) is 26.0 Å². The number of esters is 2. The fourth-order valence-corrected chi connectivity index (χ4v) is 2.02. The normalized spacial score (nSPS) is 9.52. The molecule has 0 atom stereocenters. The van der Waals surface area contributed by atoms with E-state index in [2.05, 4.69) is 0 Å². The van der Waals surface area contributed by atoms with Crippen LogP contribution in [-0.2, 0) is 4.74 Å². The zero-order chi connectivity index (χ0) is 19.0. The van der Waals surface area contributed by atoms with Crippen molar-refractivity contribution < 1.29 is 14.3 Å². The van der Waals surface area contributed by atoms with Gasteiger partial charge < -0.3 is 14.5 Å². The van der Waals surface area contributed by atoms with Crippen molar-refractivity contribution in [2.24, 2.45) is 0 Å². The number of carbonyl (C=O) groups excluding carboxylic acids is 2. The van der Waals surface area contributed by atoms with E-state index in [1.165, 1.54) is 0 Å². The Morgan fingerprint density at radius 2 is 1.08 bits per heavy atom. The summed E-state index contributed by atoms with van der Waals surface area (Å²) in [6, 6.07) is 13.9. The molecule has 2 aromatic carbocycles. The summed E-state index contributed by atoms with van der Waals surface area (Å²) in [7, 11) is 7.51. The molecule has 0 aliphatic rings. The van der Waals surface area contributed by atoms with Crippen LogP contribution in [0.4, 0.5) is 11.4 Å². The highest BCUT2D eigenvalue weighted by molar-refractivity contribution is 6.03. The Morgan fingerprint density at radius 3 is 1.40 bits per heavy atom. The summed E-state index contributed by atoms with van der Waals surface area (Å²) in [4.78, 5) is 28.0. The molecule has 5 heteroatoms. The van der Waals surface area contributed by atoms with Crippen molar-refractivity contribution in [1.82, 2.24) is 0 Å². The van der Waals surface area contributed by atoms with E-state index in [0.717, 1.165) is 11.4 Å². The van der Waals surface area contributed by atoms with E-state index in [0.29, 0.717) is 11.1 Å². The first-order valence-corrected chi connectivity index (χ1v) is 8.20. The Hall–Kier alpha value is -2.82. The number of nitrogens with zero attached hydrogens (tertiary/aromatic N) is 2. The minimum atomic E-state index is -0.658. The van der Waals surface area contributed by atoms with Gasteiger partial charge in [-0.25, -0.2) is 9.59 Å². The molecular formula is C20H26N2O3. The van der Waals surface area contributed by atoms with Crippen molar-refractivity contribution >= 4 is 23.3 Å². The first-order valence-electron chi connectivity index (χ1n) is 8.20. The number of carbonyl (C=O) groups is 2. The van der Waals surface area contributed by atoms with Gasteiger partial charge in [-0.05, 0) is 36.4 Å². The smallest absolute Gasteiger partial charge is 0.346 e. The molecule has 0 unspecified atom stereocenters. The van der Waals surface area contributed by atoms with Crippen LogP contribution in [0, 0.1) is 0 Å². The molecular weight excluding hydrogens is 316 g/mol. The molecule has 0 aliphatic heterocycles. The zero-order valence-electron chi connectivity index (χ0n) is 15.7. The third-order valence-electron chi connectivity index (χ3n) is 3.38. The third-order valence-corrected chi connectivity index (χ3v) is 3.38.